The number of carbonyl (C=O) groups is 1. The lowest BCUT2D eigenvalue weighted by atomic mass is 10.1. The minimum Gasteiger partial charge on any atom is -0.334 e. The van der Waals surface area contributed by atoms with E-state index in [1.807, 2.05) is 25.2 Å². The van der Waals surface area contributed by atoms with Crippen LogP contribution in [0.1, 0.15) is 33.1 Å². The topological polar surface area (TPSA) is 20.3 Å². The van der Waals surface area contributed by atoms with Crippen molar-refractivity contribution in [2.45, 2.75) is 19.9 Å². The van der Waals surface area contributed by atoms with E-state index in [9.17, 15) is 4.79 Å². The van der Waals surface area contributed by atoms with E-state index in [4.69, 9.17) is 0 Å². The molecule has 0 aliphatic heterocycles. The molecule has 0 bridgehead atoms. The molecule has 0 saturated carbocycles. The first kappa shape index (κ1) is 16.0. The van der Waals surface area contributed by atoms with E-state index in [2.05, 4.69) is 64.5 Å². The Morgan fingerprint density at radius 1 is 1.35 bits per heavy atom. The van der Waals surface area contributed by atoms with Crippen LogP contribution in [0.3, 0.4) is 0 Å². The van der Waals surface area contributed by atoms with Crippen LogP contribution in [-0.2, 0) is 0 Å². The van der Waals surface area contributed by atoms with Crippen LogP contribution in [0, 0.1) is 10.5 Å². The maximum atomic E-state index is 12.6. The van der Waals surface area contributed by atoms with Crippen molar-refractivity contribution in [3.63, 3.8) is 0 Å². The van der Waals surface area contributed by atoms with E-state index >= 15 is 0 Å². The van der Waals surface area contributed by atoms with Gasteiger partial charge in [0, 0.05) is 24.8 Å². The molecule has 2 rings (SSSR count). The Bertz CT molecular complexity index is 641. The second-order valence-corrected chi connectivity index (χ2v) is 8.08. The molecule has 2 nitrogen and oxygen atoms in total. The molecule has 5 heteroatoms. The number of hydrogen-bond donors (Lipinski definition) is 0. The molecule has 0 saturated heterocycles. The van der Waals surface area contributed by atoms with Crippen molar-refractivity contribution >= 4 is 55.8 Å². The number of thiophene rings is 1. The Kier molecular flexibility index (Phi) is 5.25. The predicted molar refractivity (Wildman–Crippen MR) is 96.4 cm³/mol. The standard InChI is InChI=1S/C15H15BrINOS/c1-9-4-7-14(20-9)10(2)18(3)15(19)12-8-11(17)5-6-13(12)16/h4-8,10H,1-3H3. The Labute approximate surface area is 145 Å². The molecule has 1 aromatic heterocycles. The fraction of sp³-hybridized carbons (Fsp3) is 0.267. The second kappa shape index (κ2) is 6.58. The van der Waals surface area contributed by atoms with Crippen molar-refractivity contribution in [1.29, 1.82) is 0 Å². The number of amides is 1. The van der Waals surface area contributed by atoms with Gasteiger partial charge in [-0.25, -0.2) is 0 Å². The SMILES string of the molecule is Cc1ccc(C(C)N(C)C(=O)c2cc(I)ccc2Br)s1. The number of nitrogens with zero attached hydrogens (tertiary/aromatic N) is 1. The maximum Gasteiger partial charge on any atom is 0.255 e. The van der Waals surface area contributed by atoms with E-state index in [0.29, 0.717) is 5.56 Å². The third-order valence-corrected chi connectivity index (χ3v) is 5.77. The first-order chi connectivity index (χ1) is 9.40. The summed E-state index contributed by atoms with van der Waals surface area (Å²) < 4.78 is 1.89. The van der Waals surface area contributed by atoms with Gasteiger partial charge in [0.05, 0.1) is 11.6 Å². The number of rotatable bonds is 3. The van der Waals surface area contributed by atoms with Gasteiger partial charge < -0.3 is 4.90 Å². The molecule has 1 aromatic carbocycles. The van der Waals surface area contributed by atoms with E-state index in [1.54, 1.807) is 16.2 Å². The van der Waals surface area contributed by atoms with Crippen LogP contribution >= 0.6 is 49.9 Å². The van der Waals surface area contributed by atoms with Gasteiger partial charge in [0.1, 0.15) is 0 Å². The smallest absolute Gasteiger partial charge is 0.255 e. The molecule has 0 radical (unpaired) electrons. The van der Waals surface area contributed by atoms with Crippen LogP contribution in [0.4, 0.5) is 0 Å². The fourth-order valence-corrected chi connectivity index (χ4v) is 3.78. The van der Waals surface area contributed by atoms with Gasteiger partial charge in [0.2, 0.25) is 0 Å². The van der Waals surface area contributed by atoms with Gasteiger partial charge in [-0.15, -0.1) is 11.3 Å². The van der Waals surface area contributed by atoms with Crippen molar-refractivity contribution in [2.75, 3.05) is 7.05 Å². The first-order valence-electron chi connectivity index (χ1n) is 6.18. The quantitative estimate of drug-likeness (QED) is 0.568. The fourth-order valence-electron chi connectivity index (χ4n) is 1.90. The lowest BCUT2D eigenvalue weighted by Crippen LogP contribution is -2.29. The van der Waals surface area contributed by atoms with Crippen LogP contribution in [0.5, 0.6) is 0 Å². The Hall–Kier alpha value is -0.400. The van der Waals surface area contributed by atoms with E-state index in [1.165, 1.54) is 9.75 Å². The Morgan fingerprint density at radius 2 is 2.05 bits per heavy atom. The summed E-state index contributed by atoms with van der Waals surface area (Å²) >= 11 is 7.42. The number of halogens is 2. The van der Waals surface area contributed by atoms with Gasteiger partial charge >= 0.3 is 0 Å². The first-order valence-corrected chi connectivity index (χ1v) is 8.87. The van der Waals surface area contributed by atoms with Gasteiger partial charge in [-0.3, -0.25) is 4.79 Å². The molecule has 1 atom stereocenters. The molecule has 0 aliphatic rings. The van der Waals surface area contributed by atoms with Gasteiger partial charge in [0.25, 0.3) is 5.91 Å². The third kappa shape index (κ3) is 3.43. The normalized spacial score (nSPS) is 12.2. The monoisotopic (exact) mass is 463 g/mol. The summed E-state index contributed by atoms with van der Waals surface area (Å²) in [6.07, 6.45) is 0. The van der Waals surface area contributed by atoms with Crippen molar-refractivity contribution < 1.29 is 4.79 Å². The molecule has 0 fully saturated rings. The van der Waals surface area contributed by atoms with Gasteiger partial charge in [0.15, 0.2) is 0 Å². The zero-order valence-electron chi connectivity index (χ0n) is 11.5. The summed E-state index contributed by atoms with van der Waals surface area (Å²) in [7, 11) is 1.86. The summed E-state index contributed by atoms with van der Waals surface area (Å²) in [6.45, 7) is 4.14. The number of aryl methyl sites for hydroxylation is 1. The molecule has 106 valence electrons. The summed E-state index contributed by atoms with van der Waals surface area (Å²) in [5.74, 6) is 0.0361. The number of hydrogen-bond acceptors (Lipinski definition) is 2. The highest BCUT2D eigenvalue weighted by atomic mass is 127. The molecule has 0 aliphatic carbocycles. The molecular weight excluding hydrogens is 449 g/mol. The minimum atomic E-state index is 0.0361. The minimum absolute atomic E-state index is 0.0361. The second-order valence-electron chi connectivity index (χ2n) is 4.66. The van der Waals surface area contributed by atoms with Crippen LogP contribution in [0.2, 0.25) is 0 Å². The Balaban J connectivity index is 2.26. The van der Waals surface area contributed by atoms with Gasteiger partial charge in [-0.1, -0.05) is 0 Å². The lowest BCUT2D eigenvalue weighted by Gasteiger charge is -2.24. The summed E-state index contributed by atoms with van der Waals surface area (Å²) in [6, 6.07) is 10.1. The molecule has 1 amide bonds. The summed E-state index contributed by atoms with van der Waals surface area (Å²) in [5.41, 5.74) is 0.708. The van der Waals surface area contributed by atoms with Crippen LogP contribution in [0.15, 0.2) is 34.8 Å². The average Bonchev–Trinajstić information content (AvgIpc) is 2.85. The van der Waals surface area contributed by atoms with E-state index < -0.39 is 0 Å². The zero-order valence-corrected chi connectivity index (χ0v) is 16.0. The van der Waals surface area contributed by atoms with Crippen LogP contribution in [0.25, 0.3) is 0 Å². The lowest BCUT2D eigenvalue weighted by molar-refractivity contribution is 0.0744. The highest BCUT2D eigenvalue weighted by Crippen LogP contribution is 2.29. The molecule has 0 spiro atoms. The largest absolute Gasteiger partial charge is 0.334 e. The number of benzene rings is 1. The highest BCUT2D eigenvalue weighted by molar-refractivity contribution is 14.1. The van der Waals surface area contributed by atoms with E-state index in [-0.39, 0.29) is 11.9 Å². The van der Waals surface area contributed by atoms with Crippen LogP contribution in [-0.4, -0.2) is 17.9 Å². The molecule has 0 N–H and O–H groups in total. The van der Waals surface area contributed by atoms with Crippen molar-refractivity contribution in [3.05, 3.63) is 53.7 Å². The van der Waals surface area contributed by atoms with Crippen molar-refractivity contribution in [1.82, 2.24) is 4.90 Å². The van der Waals surface area contributed by atoms with Crippen molar-refractivity contribution in [2.24, 2.45) is 0 Å². The molecule has 20 heavy (non-hydrogen) atoms. The number of carbonyl (C=O) groups excluding carboxylic acids is 1. The molecule has 1 unspecified atom stereocenters. The average molecular weight is 464 g/mol. The zero-order chi connectivity index (χ0) is 14.9. The maximum absolute atomic E-state index is 12.6. The van der Waals surface area contributed by atoms with E-state index in [0.717, 1.165) is 8.04 Å². The molecule has 1 heterocycles. The predicted octanol–water partition coefficient (Wildman–Crippen LogP) is 5.26. The third-order valence-electron chi connectivity index (χ3n) is 3.23. The highest BCUT2D eigenvalue weighted by Gasteiger charge is 2.21. The van der Waals surface area contributed by atoms with Gasteiger partial charge in [-0.05, 0) is 82.7 Å². The Morgan fingerprint density at radius 3 is 2.65 bits per heavy atom. The molecular formula is C15H15BrINOS. The van der Waals surface area contributed by atoms with Crippen LogP contribution < -0.4 is 0 Å². The molecule has 2 aromatic rings. The summed E-state index contributed by atoms with van der Waals surface area (Å²) in [4.78, 5) is 16.9. The van der Waals surface area contributed by atoms with Crippen molar-refractivity contribution in [3.8, 4) is 0 Å². The van der Waals surface area contributed by atoms with Gasteiger partial charge in [-0.2, -0.15) is 0 Å². The summed E-state index contributed by atoms with van der Waals surface area (Å²) in [5, 5.41) is 0.